The topological polar surface area (TPSA) is 86.6 Å². The van der Waals surface area contributed by atoms with Crippen molar-refractivity contribution in [3.63, 3.8) is 0 Å². The van der Waals surface area contributed by atoms with Crippen LogP contribution in [-0.2, 0) is 16.0 Å². The molecule has 0 aromatic heterocycles. The number of amides is 1. The third-order valence-electron chi connectivity index (χ3n) is 2.27. The zero-order chi connectivity index (χ0) is 13.5. The minimum Gasteiger partial charge on any atom is -0.508 e. The van der Waals surface area contributed by atoms with Crippen LogP contribution in [0.5, 0.6) is 5.75 Å². The van der Waals surface area contributed by atoms with Gasteiger partial charge in [-0.3, -0.25) is 4.79 Å². The lowest BCUT2D eigenvalue weighted by Gasteiger charge is -2.13. The third-order valence-corrected chi connectivity index (χ3v) is 2.27. The molecule has 5 heteroatoms. The van der Waals surface area contributed by atoms with Crippen molar-refractivity contribution in [1.29, 1.82) is 0 Å². The molecule has 1 aromatic rings. The summed E-state index contributed by atoms with van der Waals surface area (Å²) in [5, 5.41) is 20.4. The number of carboxylic acids is 1. The molecule has 0 aliphatic heterocycles. The molecule has 1 aromatic carbocycles. The standard InChI is InChI=1S/C13H13NO4/c1-2-3-12(16)14-11(13(17)18)8-9-4-6-10(15)7-5-9/h1,4-7,11,15H,3,8H2,(H,14,16)(H,17,18)/t11-/m0/s1. The fraction of sp³-hybridized carbons (Fsp3) is 0.231. The van der Waals surface area contributed by atoms with Gasteiger partial charge in [0.15, 0.2) is 0 Å². The first-order chi connectivity index (χ1) is 8.52. The molecule has 3 N–H and O–H groups in total. The maximum absolute atomic E-state index is 11.2. The van der Waals surface area contributed by atoms with Gasteiger partial charge in [-0.25, -0.2) is 4.79 Å². The minimum absolute atomic E-state index is 0.0991. The Morgan fingerprint density at radius 1 is 1.33 bits per heavy atom. The Morgan fingerprint density at radius 3 is 2.44 bits per heavy atom. The molecule has 18 heavy (non-hydrogen) atoms. The van der Waals surface area contributed by atoms with Crippen LogP contribution in [0.15, 0.2) is 24.3 Å². The number of phenols is 1. The lowest BCUT2D eigenvalue weighted by Crippen LogP contribution is -2.42. The fourth-order valence-electron chi connectivity index (χ4n) is 1.41. The van der Waals surface area contributed by atoms with Crippen LogP contribution in [0, 0.1) is 12.3 Å². The summed E-state index contributed by atoms with van der Waals surface area (Å²) < 4.78 is 0. The van der Waals surface area contributed by atoms with Gasteiger partial charge in [-0.05, 0) is 17.7 Å². The molecule has 1 amide bonds. The summed E-state index contributed by atoms with van der Waals surface area (Å²) in [6.07, 6.45) is 4.94. The molecule has 1 atom stereocenters. The number of carboxylic acid groups (broad SMARTS) is 1. The molecular weight excluding hydrogens is 234 g/mol. The minimum atomic E-state index is -1.13. The molecule has 0 heterocycles. The lowest BCUT2D eigenvalue weighted by molar-refractivity contribution is -0.141. The first-order valence-corrected chi connectivity index (χ1v) is 5.26. The first kappa shape index (κ1) is 13.6. The van der Waals surface area contributed by atoms with Crippen LogP contribution >= 0.6 is 0 Å². The van der Waals surface area contributed by atoms with Crippen LogP contribution in [-0.4, -0.2) is 28.1 Å². The van der Waals surface area contributed by atoms with E-state index in [9.17, 15) is 9.59 Å². The Morgan fingerprint density at radius 2 is 1.94 bits per heavy atom. The van der Waals surface area contributed by atoms with Crippen molar-refractivity contribution in [2.75, 3.05) is 0 Å². The average molecular weight is 247 g/mol. The van der Waals surface area contributed by atoms with E-state index in [1.54, 1.807) is 12.1 Å². The molecular formula is C13H13NO4. The highest BCUT2D eigenvalue weighted by Crippen LogP contribution is 2.11. The number of hydrogen-bond donors (Lipinski definition) is 3. The molecule has 5 nitrogen and oxygen atoms in total. The summed E-state index contributed by atoms with van der Waals surface area (Å²) in [5.74, 6) is 0.616. The van der Waals surface area contributed by atoms with Crippen LogP contribution in [0.2, 0.25) is 0 Å². The summed E-state index contributed by atoms with van der Waals surface area (Å²) in [5.41, 5.74) is 0.696. The number of phenolic OH excluding ortho intramolecular Hbond substituents is 1. The molecule has 0 aliphatic rings. The van der Waals surface area contributed by atoms with Gasteiger partial charge in [-0.15, -0.1) is 6.42 Å². The summed E-state index contributed by atoms with van der Waals surface area (Å²) in [6.45, 7) is 0. The number of aliphatic carboxylic acids is 1. The summed E-state index contributed by atoms with van der Waals surface area (Å²) in [6, 6.07) is 5.07. The Kier molecular flexibility index (Phi) is 4.76. The van der Waals surface area contributed by atoms with Gasteiger partial charge < -0.3 is 15.5 Å². The van der Waals surface area contributed by atoms with Gasteiger partial charge in [-0.1, -0.05) is 18.1 Å². The predicted molar refractivity (Wildman–Crippen MR) is 64.8 cm³/mol. The van der Waals surface area contributed by atoms with Crippen molar-refractivity contribution in [2.24, 2.45) is 0 Å². The van der Waals surface area contributed by atoms with Crippen molar-refractivity contribution in [2.45, 2.75) is 18.9 Å². The molecule has 1 rings (SSSR count). The van der Waals surface area contributed by atoms with E-state index in [1.807, 2.05) is 0 Å². The summed E-state index contributed by atoms with van der Waals surface area (Å²) >= 11 is 0. The van der Waals surface area contributed by atoms with E-state index < -0.39 is 17.9 Å². The van der Waals surface area contributed by atoms with Crippen molar-refractivity contribution in [1.82, 2.24) is 5.32 Å². The van der Waals surface area contributed by atoms with E-state index in [0.29, 0.717) is 5.56 Å². The highest BCUT2D eigenvalue weighted by Gasteiger charge is 2.19. The lowest BCUT2D eigenvalue weighted by atomic mass is 10.1. The third kappa shape index (κ3) is 4.18. The van der Waals surface area contributed by atoms with Crippen LogP contribution in [0.3, 0.4) is 0 Å². The fourth-order valence-corrected chi connectivity index (χ4v) is 1.41. The smallest absolute Gasteiger partial charge is 0.326 e. The zero-order valence-corrected chi connectivity index (χ0v) is 9.59. The van der Waals surface area contributed by atoms with Gasteiger partial charge in [-0.2, -0.15) is 0 Å². The Balaban J connectivity index is 2.69. The number of carbonyl (C=O) groups excluding carboxylic acids is 1. The molecule has 0 fully saturated rings. The Bertz CT molecular complexity index is 473. The Labute approximate surface area is 104 Å². The van der Waals surface area contributed by atoms with E-state index in [0.717, 1.165) is 0 Å². The second-order valence-electron chi connectivity index (χ2n) is 3.71. The number of carbonyl (C=O) groups is 2. The molecule has 0 radical (unpaired) electrons. The maximum Gasteiger partial charge on any atom is 0.326 e. The van der Waals surface area contributed by atoms with E-state index in [2.05, 4.69) is 11.2 Å². The molecule has 0 unspecified atom stereocenters. The van der Waals surface area contributed by atoms with E-state index >= 15 is 0 Å². The normalized spacial score (nSPS) is 11.3. The number of aromatic hydroxyl groups is 1. The quantitative estimate of drug-likeness (QED) is 0.662. The SMILES string of the molecule is C#CCC(=O)N[C@@H](Cc1ccc(O)cc1)C(=O)O. The molecule has 0 bridgehead atoms. The van der Waals surface area contributed by atoms with Gasteiger partial charge in [0.1, 0.15) is 11.8 Å². The number of benzene rings is 1. The van der Waals surface area contributed by atoms with Gasteiger partial charge in [0, 0.05) is 6.42 Å². The van der Waals surface area contributed by atoms with E-state index in [1.165, 1.54) is 12.1 Å². The summed E-state index contributed by atoms with van der Waals surface area (Å²) in [4.78, 5) is 22.2. The van der Waals surface area contributed by atoms with Crippen LogP contribution < -0.4 is 5.32 Å². The molecule has 0 aliphatic carbocycles. The van der Waals surface area contributed by atoms with Crippen LogP contribution in [0.4, 0.5) is 0 Å². The second kappa shape index (κ2) is 6.30. The maximum atomic E-state index is 11.2. The van der Waals surface area contributed by atoms with Crippen molar-refractivity contribution >= 4 is 11.9 Å². The van der Waals surface area contributed by atoms with Gasteiger partial charge in [0.05, 0.1) is 6.42 Å². The molecule has 0 spiro atoms. The zero-order valence-electron chi connectivity index (χ0n) is 9.59. The number of nitrogens with one attached hydrogen (secondary N) is 1. The second-order valence-corrected chi connectivity index (χ2v) is 3.71. The number of rotatable bonds is 5. The number of terminal acetylenes is 1. The highest BCUT2D eigenvalue weighted by atomic mass is 16.4. The van der Waals surface area contributed by atoms with Gasteiger partial charge in [0.2, 0.25) is 5.91 Å². The molecule has 0 saturated heterocycles. The van der Waals surface area contributed by atoms with Crippen LogP contribution in [0.25, 0.3) is 0 Å². The Hall–Kier alpha value is -2.48. The number of hydrogen-bond acceptors (Lipinski definition) is 3. The van der Waals surface area contributed by atoms with E-state index in [-0.39, 0.29) is 18.6 Å². The summed E-state index contributed by atoms with van der Waals surface area (Å²) in [7, 11) is 0. The van der Waals surface area contributed by atoms with E-state index in [4.69, 9.17) is 16.6 Å². The van der Waals surface area contributed by atoms with Crippen molar-refractivity contribution in [3.8, 4) is 18.1 Å². The largest absolute Gasteiger partial charge is 0.508 e. The molecule has 94 valence electrons. The van der Waals surface area contributed by atoms with Crippen molar-refractivity contribution in [3.05, 3.63) is 29.8 Å². The van der Waals surface area contributed by atoms with Gasteiger partial charge >= 0.3 is 5.97 Å². The first-order valence-electron chi connectivity index (χ1n) is 5.26. The monoisotopic (exact) mass is 247 g/mol. The van der Waals surface area contributed by atoms with Crippen LogP contribution in [0.1, 0.15) is 12.0 Å². The van der Waals surface area contributed by atoms with Gasteiger partial charge in [0.25, 0.3) is 0 Å². The highest BCUT2D eigenvalue weighted by molar-refractivity contribution is 5.84. The predicted octanol–water partition coefficient (Wildman–Crippen LogP) is 0.527. The van der Waals surface area contributed by atoms with Crippen molar-refractivity contribution < 1.29 is 19.8 Å². The average Bonchev–Trinajstić information content (AvgIpc) is 2.31. The molecule has 0 saturated carbocycles.